The molecule has 0 saturated carbocycles. The summed E-state index contributed by atoms with van der Waals surface area (Å²) in [6, 6.07) is 4.30. The molecule has 1 amide bonds. The van der Waals surface area contributed by atoms with Gasteiger partial charge in [0.05, 0.1) is 17.4 Å². The van der Waals surface area contributed by atoms with Gasteiger partial charge in [-0.05, 0) is 32.0 Å². The molecule has 3 rings (SSSR count). The first-order valence-corrected chi connectivity index (χ1v) is 8.18. The fraction of sp³-hybridized carbons (Fsp3) is 0.167. The molecule has 28 heavy (non-hydrogen) atoms. The number of carbonyl (C=O) groups excluding carboxylic acids is 2. The molecule has 0 atom stereocenters. The number of benzene rings is 1. The highest BCUT2D eigenvalue weighted by molar-refractivity contribution is 6.07. The van der Waals surface area contributed by atoms with Crippen molar-refractivity contribution in [3.8, 4) is 5.82 Å². The van der Waals surface area contributed by atoms with E-state index in [1.54, 1.807) is 30.8 Å². The number of nitrogens with zero attached hydrogens (tertiary/aromatic N) is 4. The van der Waals surface area contributed by atoms with Gasteiger partial charge in [-0.2, -0.15) is 0 Å². The summed E-state index contributed by atoms with van der Waals surface area (Å²) in [5.74, 6) is -3.68. The Balaban J connectivity index is 1.85. The fourth-order valence-corrected chi connectivity index (χ4v) is 2.26. The van der Waals surface area contributed by atoms with Crippen molar-refractivity contribution in [2.75, 3.05) is 5.32 Å². The normalized spacial score (nSPS) is 10.8. The number of esters is 1. The second-order valence-electron chi connectivity index (χ2n) is 5.97. The standard InChI is InChI=1S/C18H15F2N5O3/c1-10(2)28-18(27)11-7-12(19)13(20)8-15(11)22-17(26)14-3-4-16(24-23-14)25-6-5-21-9-25/h3-10H,1-2H3,(H,22,26). The number of carbonyl (C=O) groups is 2. The monoisotopic (exact) mass is 387 g/mol. The Hall–Kier alpha value is -3.69. The molecule has 0 radical (unpaired) electrons. The molecular formula is C18H15F2N5O3. The molecule has 1 aromatic carbocycles. The van der Waals surface area contributed by atoms with Gasteiger partial charge in [-0.15, -0.1) is 10.2 Å². The maximum Gasteiger partial charge on any atom is 0.340 e. The number of amides is 1. The van der Waals surface area contributed by atoms with Gasteiger partial charge < -0.3 is 10.1 Å². The molecule has 144 valence electrons. The zero-order valence-corrected chi connectivity index (χ0v) is 14.9. The van der Waals surface area contributed by atoms with Crippen LogP contribution in [0.15, 0.2) is 43.0 Å². The third-order valence-corrected chi connectivity index (χ3v) is 3.52. The molecule has 2 aromatic heterocycles. The van der Waals surface area contributed by atoms with Crippen molar-refractivity contribution < 1.29 is 23.1 Å². The van der Waals surface area contributed by atoms with Crippen LogP contribution in [0.5, 0.6) is 0 Å². The number of ether oxygens (including phenoxy) is 1. The number of rotatable bonds is 5. The molecule has 10 heteroatoms. The van der Waals surface area contributed by atoms with Crippen LogP contribution in [0.1, 0.15) is 34.7 Å². The van der Waals surface area contributed by atoms with Crippen molar-refractivity contribution in [1.29, 1.82) is 0 Å². The fourth-order valence-electron chi connectivity index (χ4n) is 2.26. The number of hydrogen-bond donors (Lipinski definition) is 1. The smallest absolute Gasteiger partial charge is 0.340 e. The number of hydrogen-bond acceptors (Lipinski definition) is 6. The minimum atomic E-state index is -1.24. The third kappa shape index (κ3) is 4.17. The van der Waals surface area contributed by atoms with Crippen LogP contribution >= 0.6 is 0 Å². The van der Waals surface area contributed by atoms with E-state index in [9.17, 15) is 18.4 Å². The molecule has 0 bridgehead atoms. The van der Waals surface area contributed by atoms with Gasteiger partial charge in [0.15, 0.2) is 23.1 Å². The number of halogens is 2. The van der Waals surface area contributed by atoms with E-state index >= 15 is 0 Å². The molecule has 0 unspecified atom stereocenters. The average Bonchev–Trinajstić information content (AvgIpc) is 3.18. The Morgan fingerprint density at radius 3 is 2.50 bits per heavy atom. The van der Waals surface area contributed by atoms with Gasteiger partial charge in [-0.3, -0.25) is 9.36 Å². The second kappa shape index (κ2) is 7.91. The van der Waals surface area contributed by atoms with Crippen molar-refractivity contribution in [1.82, 2.24) is 19.7 Å². The van der Waals surface area contributed by atoms with Crippen molar-refractivity contribution in [3.63, 3.8) is 0 Å². The quantitative estimate of drug-likeness (QED) is 0.676. The lowest BCUT2D eigenvalue weighted by Gasteiger charge is -2.13. The summed E-state index contributed by atoms with van der Waals surface area (Å²) in [7, 11) is 0. The zero-order chi connectivity index (χ0) is 20.3. The van der Waals surface area contributed by atoms with Crippen molar-refractivity contribution >= 4 is 17.6 Å². The minimum Gasteiger partial charge on any atom is -0.459 e. The van der Waals surface area contributed by atoms with Gasteiger partial charge >= 0.3 is 5.97 Å². The van der Waals surface area contributed by atoms with Crippen molar-refractivity contribution in [2.24, 2.45) is 0 Å². The first-order valence-electron chi connectivity index (χ1n) is 8.18. The molecule has 0 aliphatic rings. The Labute approximate surface area is 158 Å². The lowest BCUT2D eigenvalue weighted by molar-refractivity contribution is 0.0378. The Morgan fingerprint density at radius 2 is 1.89 bits per heavy atom. The summed E-state index contributed by atoms with van der Waals surface area (Å²) in [5.41, 5.74) is -0.643. The van der Waals surface area contributed by atoms with Gasteiger partial charge in [0.1, 0.15) is 6.33 Å². The van der Waals surface area contributed by atoms with Crippen LogP contribution in [0, 0.1) is 11.6 Å². The van der Waals surface area contributed by atoms with E-state index in [4.69, 9.17) is 4.74 Å². The van der Waals surface area contributed by atoms with E-state index in [0.717, 1.165) is 0 Å². The van der Waals surface area contributed by atoms with Gasteiger partial charge in [-0.1, -0.05) is 0 Å². The molecule has 2 heterocycles. The van der Waals surface area contributed by atoms with Crippen LogP contribution in [0.4, 0.5) is 14.5 Å². The molecule has 3 aromatic rings. The number of aromatic nitrogens is 4. The highest BCUT2D eigenvalue weighted by atomic mass is 19.2. The zero-order valence-electron chi connectivity index (χ0n) is 14.9. The first kappa shape index (κ1) is 19.1. The molecule has 1 N–H and O–H groups in total. The summed E-state index contributed by atoms with van der Waals surface area (Å²) in [4.78, 5) is 28.4. The van der Waals surface area contributed by atoms with Crippen LogP contribution in [0.2, 0.25) is 0 Å². The molecule has 0 spiro atoms. The highest BCUT2D eigenvalue weighted by Crippen LogP contribution is 2.22. The van der Waals surface area contributed by atoms with Crippen molar-refractivity contribution in [3.05, 3.63) is 65.9 Å². The highest BCUT2D eigenvalue weighted by Gasteiger charge is 2.21. The number of nitrogens with one attached hydrogen (secondary N) is 1. The van der Waals surface area contributed by atoms with Gasteiger partial charge in [0.25, 0.3) is 5.91 Å². The SMILES string of the molecule is CC(C)OC(=O)c1cc(F)c(F)cc1NC(=O)c1ccc(-n2ccnc2)nn1. The lowest BCUT2D eigenvalue weighted by Crippen LogP contribution is -2.19. The topological polar surface area (TPSA) is 99.0 Å². The van der Waals surface area contributed by atoms with Crippen LogP contribution in [-0.2, 0) is 4.74 Å². The summed E-state index contributed by atoms with van der Waals surface area (Å²) in [6.45, 7) is 3.21. The van der Waals surface area contributed by atoms with E-state index < -0.39 is 29.6 Å². The number of imidazole rings is 1. The number of anilines is 1. The van der Waals surface area contributed by atoms with E-state index in [-0.39, 0.29) is 16.9 Å². The Bertz CT molecular complexity index is 1000. The van der Waals surface area contributed by atoms with Gasteiger partial charge in [0, 0.05) is 18.5 Å². The second-order valence-corrected chi connectivity index (χ2v) is 5.97. The van der Waals surface area contributed by atoms with E-state index in [2.05, 4.69) is 20.5 Å². The summed E-state index contributed by atoms with van der Waals surface area (Å²) in [5, 5.41) is 10.0. The molecule has 0 fully saturated rings. The molecule has 8 nitrogen and oxygen atoms in total. The predicted octanol–water partition coefficient (Wildman–Crippen LogP) is 2.76. The van der Waals surface area contributed by atoms with E-state index in [1.807, 2.05) is 0 Å². The molecule has 0 saturated heterocycles. The average molecular weight is 387 g/mol. The molecule has 0 aliphatic carbocycles. The third-order valence-electron chi connectivity index (χ3n) is 3.52. The Morgan fingerprint density at radius 1 is 1.14 bits per heavy atom. The van der Waals surface area contributed by atoms with Gasteiger partial charge in [0.2, 0.25) is 0 Å². The van der Waals surface area contributed by atoms with Crippen LogP contribution in [0.25, 0.3) is 5.82 Å². The minimum absolute atomic E-state index is 0.0863. The van der Waals surface area contributed by atoms with E-state index in [1.165, 1.54) is 18.5 Å². The van der Waals surface area contributed by atoms with Crippen molar-refractivity contribution in [2.45, 2.75) is 20.0 Å². The lowest BCUT2D eigenvalue weighted by atomic mass is 10.1. The maximum absolute atomic E-state index is 13.6. The largest absolute Gasteiger partial charge is 0.459 e. The van der Waals surface area contributed by atoms with Crippen LogP contribution in [0.3, 0.4) is 0 Å². The Kier molecular flexibility index (Phi) is 5.39. The predicted molar refractivity (Wildman–Crippen MR) is 94.0 cm³/mol. The summed E-state index contributed by atoms with van der Waals surface area (Å²) < 4.78 is 33.8. The molecule has 0 aliphatic heterocycles. The van der Waals surface area contributed by atoms with Crippen LogP contribution in [-0.4, -0.2) is 37.7 Å². The van der Waals surface area contributed by atoms with Gasteiger partial charge in [-0.25, -0.2) is 18.6 Å². The maximum atomic E-state index is 13.6. The van der Waals surface area contributed by atoms with Crippen LogP contribution < -0.4 is 5.32 Å². The summed E-state index contributed by atoms with van der Waals surface area (Å²) >= 11 is 0. The first-order chi connectivity index (χ1) is 13.3. The summed E-state index contributed by atoms with van der Waals surface area (Å²) in [6.07, 6.45) is 4.24. The molecular weight excluding hydrogens is 372 g/mol. The van der Waals surface area contributed by atoms with E-state index in [0.29, 0.717) is 18.0 Å².